The van der Waals surface area contributed by atoms with Gasteiger partial charge in [0, 0.05) is 33.6 Å². The Morgan fingerprint density at radius 1 is 1.03 bits per heavy atom. The number of carbonyl (C=O) groups is 1. The summed E-state index contributed by atoms with van der Waals surface area (Å²) in [4.78, 5) is 17.5. The summed E-state index contributed by atoms with van der Waals surface area (Å²) in [5, 5.41) is 3.78. The summed E-state index contributed by atoms with van der Waals surface area (Å²) >= 11 is 0. The Morgan fingerprint density at radius 3 is 2.53 bits per heavy atom. The minimum absolute atomic E-state index is 0. The van der Waals surface area contributed by atoms with Gasteiger partial charge in [-0.25, -0.2) is 0 Å². The lowest BCUT2D eigenvalue weighted by molar-refractivity contribution is 0.102. The van der Waals surface area contributed by atoms with Crippen LogP contribution in [0.15, 0.2) is 72.8 Å². The third-order valence-electron chi connectivity index (χ3n) is 5.21. The Hall–Kier alpha value is -3.57. The van der Waals surface area contributed by atoms with E-state index in [-0.39, 0.29) is 18.3 Å². The number of halogens is 1. The largest absolute Gasteiger partial charge is 0.489 e. The van der Waals surface area contributed by atoms with Gasteiger partial charge in [0.1, 0.15) is 12.4 Å². The first kappa shape index (κ1) is 23.1. The molecule has 1 amide bonds. The van der Waals surface area contributed by atoms with E-state index in [0.717, 1.165) is 34.3 Å². The Bertz CT molecular complexity index is 1240. The number of nitrogen functional groups attached to an aromatic ring is 1. The molecule has 4 rings (SSSR count). The van der Waals surface area contributed by atoms with Gasteiger partial charge in [0.05, 0.1) is 5.52 Å². The first-order chi connectivity index (χ1) is 15.0. The normalized spacial score (nSPS) is 10.4. The molecule has 0 radical (unpaired) electrons. The number of hydrogen-bond donors (Lipinski definition) is 2. The van der Waals surface area contributed by atoms with Gasteiger partial charge in [-0.15, -0.1) is 12.4 Å². The van der Waals surface area contributed by atoms with E-state index in [1.165, 1.54) is 5.56 Å². The molecule has 5 nitrogen and oxygen atoms in total. The number of fused-ring (bicyclic) bond motifs is 1. The molecule has 0 saturated heterocycles. The standard InChI is InChI=1S/C26H25N3O2.ClH/c1-3-18-8-11-21(12-9-18)31-16-19-6-4-5-7-22(19)26(30)29-20-10-13-25-23(15-20)24(27)14-17(2)28-25;/h4-15H,3,16H2,1-2H3,(H2,27,28)(H,29,30);1H. The molecule has 4 aromatic rings. The van der Waals surface area contributed by atoms with Crippen LogP contribution < -0.4 is 15.8 Å². The second-order valence-corrected chi connectivity index (χ2v) is 7.48. The van der Waals surface area contributed by atoms with Crippen molar-refractivity contribution in [2.45, 2.75) is 26.9 Å². The zero-order valence-corrected chi connectivity index (χ0v) is 18.9. The molecule has 32 heavy (non-hydrogen) atoms. The van der Waals surface area contributed by atoms with Gasteiger partial charge in [-0.3, -0.25) is 9.78 Å². The number of nitrogens with one attached hydrogen (secondary N) is 1. The topological polar surface area (TPSA) is 77.2 Å². The highest BCUT2D eigenvalue weighted by atomic mass is 35.5. The number of pyridine rings is 1. The summed E-state index contributed by atoms with van der Waals surface area (Å²) in [6.07, 6.45) is 0.985. The lowest BCUT2D eigenvalue weighted by atomic mass is 10.1. The van der Waals surface area contributed by atoms with E-state index >= 15 is 0 Å². The van der Waals surface area contributed by atoms with Crippen LogP contribution in [0.4, 0.5) is 11.4 Å². The number of anilines is 2. The van der Waals surface area contributed by atoms with Crippen molar-refractivity contribution < 1.29 is 9.53 Å². The van der Waals surface area contributed by atoms with Gasteiger partial charge in [0.25, 0.3) is 5.91 Å². The minimum atomic E-state index is -0.196. The SMILES string of the molecule is CCc1ccc(OCc2ccccc2C(=O)Nc2ccc3nc(C)cc(N)c3c2)cc1.Cl. The molecule has 0 fully saturated rings. The summed E-state index contributed by atoms with van der Waals surface area (Å²) < 4.78 is 5.91. The van der Waals surface area contributed by atoms with Gasteiger partial charge in [-0.2, -0.15) is 0 Å². The van der Waals surface area contributed by atoms with Crippen molar-refractivity contribution in [3.8, 4) is 5.75 Å². The maximum atomic E-state index is 13.0. The second-order valence-electron chi connectivity index (χ2n) is 7.48. The fraction of sp³-hybridized carbons (Fsp3) is 0.154. The molecule has 164 valence electrons. The number of nitrogens with two attached hydrogens (primary N) is 1. The van der Waals surface area contributed by atoms with Crippen LogP contribution in [0.3, 0.4) is 0 Å². The molecule has 0 aliphatic heterocycles. The van der Waals surface area contributed by atoms with Crippen LogP contribution in [0.2, 0.25) is 0 Å². The Morgan fingerprint density at radius 2 is 1.78 bits per heavy atom. The Balaban J connectivity index is 0.00000289. The van der Waals surface area contributed by atoms with Crippen molar-refractivity contribution in [3.05, 3.63) is 95.2 Å². The molecule has 6 heteroatoms. The van der Waals surface area contributed by atoms with E-state index in [1.807, 2.05) is 61.5 Å². The van der Waals surface area contributed by atoms with Crippen LogP contribution in [0.1, 0.15) is 34.1 Å². The number of ether oxygens (including phenoxy) is 1. The number of carbonyl (C=O) groups excluding carboxylic acids is 1. The van der Waals surface area contributed by atoms with Crippen LogP contribution >= 0.6 is 12.4 Å². The van der Waals surface area contributed by atoms with Crippen LogP contribution in [0.25, 0.3) is 10.9 Å². The molecule has 0 saturated carbocycles. The highest BCUT2D eigenvalue weighted by molar-refractivity contribution is 6.06. The monoisotopic (exact) mass is 447 g/mol. The predicted molar refractivity (Wildman–Crippen MR) is 133 cm³/mol. The third-order valence-corrected chi connectivity index (χ3v) is 5.21. The average Bonchev–Trinajstić information content (AvgIpc) is 2.78. The number of rotatable bonds is 6. The maximum absolute atomic E-state index is 13.0. The number of hydrogen-bond acceptors (Lipinski definition) is 4. The highest BCUT2D eigenvalue weighted by Gasteiger charge is 2.13. The van der Waals surface area contributed by atoms with E-state index in [1.54, 1.807) is 6.07 Å². The van der Waals surface area contributed by atoms with Crippen molar-refractivity contribution in [2.75, 3.05) is 11.1 Å². The summed E-state index contributed by atoms with van der Waals surface area (Å²) in [6.45, 7) is 4.33. The zero-order chi connectivity index (χ0) is 21.8. The molecule has 1 aromatic heterocycles. The van der Waals surface area contributed by atoms with E-state index in [9.17, 15) is 4.79 Å². The van der Waals surface area contributed by atoms with Crippen LogP contribution in [-0.2, 0) is 13.0 Å². The number of aromatic nitrogens is 1. The van der Waals surface area contributed by atoms with Crippen molar-refractivity contribution in [1.29, 1.82) is 0 Å². The highest BCUT2D eigenvalue weighted by Crippen LogP contribution is 2.25. The van der Waals surface area contributed by atoms with E-state index < -0.39 is 0 Å². The molecule has 0 bridgehead atoms. The summed E-state index contributed by atoms with van der Waals surface area (Å²) in [5.41, 5.74) is 11.8. The first-order valence-electron chi connectivity index (χ1n) is 10.3. The molecule has 0 unspecified atom stereocenters. The van der Waals surface area contributed by atoms with Gasteiger partial charge in [0.15, 0.2) is 0 Å². The van der Waals surface area contributed by atoms with E-state index in [0.29, 0.717) is 23.5 Å². The molecular formula is C26H26ClN3O2. The maximum Gasteiger partial charge on any atom is 0.256 e. The molecule has 3 aromatic carbocycles. The fourth-order valence-corrected chi connectivity index (χ4v) is 3.52. The van der Waals surface area contributed by atoms with Crippen LogP contribution in [0.5, 0.6) is 5.75 Å². The summed E-state index contributed by atoms with van der Waals surface area (Å²) in [5.74, 6) is 0.582. The molecule has 0 aliphatic rings. The lowest BCUT2D eigenvalue weighted by Crippen LogP contribution is -2.15. The molecular weight excluding hydrogens is 422 g/mol. The number of amides is 1. The van der Waals surface area contributed by atoms with Crippen molar-refractivity contribution in [2.24, 2.45) is 0 Å². The van der Waals surface area contributed by atoms with E-state index in [2.05, 4.69) is 29.4 Å². The van der Waals surface area contributed by atoms with Crippen molar-refractivity contribution in [1.82, 2.24) is 4.98 Å². The molecule has 0 aliphatic carbocycles. The van der Waals surface area contributed by atoms with Gasteiger partial charge in [0.2, 0.25) is 0 Å². The zero-order valence-electron chi connectivity index (χ0n) is 18.1. The predicted octanol–water partition coefficient (Wildman–Crippen LogP) is 5.94. The summed E-state index contributed by atoms with van der Waals surface area (Å²) in [7, 11) is 0. The molecule has 0 spiro atoms. The van der Waals surface area contributed by atoms with Gasteiger partial charge < -0.3 is 15.8 Å². The lowest BCUT2D eigenvalue weighted by Gasteiger charge is -2.12. The third kappa shape index (κ3) is 5.18. The smallest absolute Gasteiger partial charge is 0.256 e. The van der Waals surface area contributed by atoms with Crippen molar-refractivity contribution >= 4 is 40.6 Å². The quantitative estimate of drug-likeness (QED) is 0.383. The van der Waals surface area contributed by atoms with Crippen LogP contribution in [-0.4, -0.2) is 10.9 Å². The summed E-state index contributed by atoms with van der Waals surface area (Å²) in [6, 6.07) is 22.8. The number of nitrogens with zero attached hydrogens (tertiary/aromatic N) is 1. The van der Waals surface area contributed by atoms with Gasteiger partial charge >= 0.3 is 0 Å². The van der Waals surface area contributed by atoms with Crippen molar-refractivity contribution in [3.63, 3.8) is 0 Å². The number of benzene rings is 3. The molecule has 1 heterocycles. The fourth-order valence-electron chi connectivity index (χ4n) is 3.52. The van der Waals surface area contributed by atoms with Gasteiger partial charge in [-0.05, 0) is 61.4 Å². The van der Waals surface area contributed by atoms with Gasteiger partial charge in [-0.1, -0.05) is 37.3 Å². The van der Waals surface area contributed by atoms with E-state index in [4.69, 9.17) is 10.5 Å². The Labute approximate surface area is 194 Å². The second kappa shape index (κ2) is 10.2. The number of aryl methyl sites for hydroxylation is 2. The molecule has 3 N–H and O–H groups in total. The molecule has 0 atom stereocenters. The van der Waals surface area contributed by atoms with Crippen LogP contribution in [0, 0.1) is 6.92 Å². The minimum Gasteiger partial charge on any atom is -0.489 e. The Kier molecular flexibility index (Phi) is 7.33. The first-order valence-corrected chi connectivity index (χ1v) is 10.3. The average molecular weight is 448 g/mol.